The molecule has 0 radical (unpaired) electrons. The fraction of sp³-hybridized carbons (Fsp3) is 0.625. The number of hydrogen-bond acceptors (Lipinski definition) is 2. The lowest BCUT2D eigenvalue weighted by Gasteiger charge is -2.20. The summed E-state index contributed by atoms with van der Waals surface area (Å²) in [4.78, 5) is 0. The van der Waals surface area contributed by atoms with E-state index in [0.717, 1.165) is 24.6 Å². The van der Waals surface area contributed by atoms with E-state index >= 15 is 0 Å². The number of methoxy groups -OCH3 is 1. The van der Waals surface area contributed by atoms with Crippen molar-refractivity contribution >= 4 is 0 Å². The van der Waals surface area contributed by atoms with Crippen LogP contribution in [0.5, 0.6) is 5.75 Å². The average Bonchev–Trinajstić information content (AvgIpc) is 2.38. The number of para-hydroxylation sites is 1. The number of rotatable bonds is 8. The van der Waals surface area contributed by atoms with Crippen LogP contribution in [0.25, 0.3) is 0 Å². The van der Waals surface area contributed by atoms with Gasteiger partial charge in [0.2, 0.25) is 0 Å². The van der Waals surface area contributed by atoms with Crippen LogP contribution in [0.15, 0.2) is 24.3 Å². The highest BCUT2D eigenvalue weighted by Crippen LogP contribution is 2.26. The molecule has 1 rings (SSSR count). The van der Waals surface area contributed by atoms with Gasteiger partial charge in [-0.25, -0.2) is 0 Å². The molecule has 0 heterocycles. The highest BCUT2D eigenvalue weighted by atomic mass is 16.5. The van der Waals surface area contributed by atoms with Gasteiger partial charge >= 0.3 is 0 Å². The minimum Gasteiger partial charge on any atom is -0.496 e. The SMILES string of the molecule is CCC(NCCCC(C)C)c1ccccc1OC. The van der Waals surface area contributed by atoms with E-state index in [4.69, 9.17) is 4.74 Å². The van der Waals surface area contributed by atoms with Crippen LogP contribution in [0.2, 0.25) is 0 Å². The third kappa shape index (κ3) is 4.69. The zero-order valence-corrected chi connectivity index (χ0v) is 12.2. The van der Waals surface area contributed by atoms with Gasteiger partial charge in [0.1, 0.15) is 5.75 Å². The second-order valence-electron chi connectivity index (χ2n) is 5.19. The number of ether oxygens (including phenoxy) is 1. The lowest BCUT2D eigenvalue weighted by Crippen LogP contribution is -2.22. The molecule has 0 saturated heterocycles. The van der Waals surface area contributed by atoms with Crippen LogP contribution in [0.1, 0.15) is 51.6 Å². The Bertz CT molecular complexity index is 336. The quantitative estimate of drug-likeness (QED) is 0.698. The molecule has 1 aromatic rings. The van der Waals surface area contributed by atoms with Crippen molar-refractivity contribution in [2.75, 3.05) is 13.7 Å². The summed E-state index contributed by atoms with van der Waals surface area (Å²) in [7, 11) is 1.74. The molecule has 0 aliphatic rings. The van der Waals surface area contributed by atoms with Crippen molar-refractivity contribution in [3.63, 3.8) is 0 Å². The van der Waals surface area contributed by atoms with Gasteiger partial charge in [-0.3, -0.25) is 0 Å². The molecule has 18 heavy (non-hydrogen) atoms. The summed E-state index contributed by atoms with van der Waals surface area (Å²) in [5.41, 5.74) is 1.27. The molecule has 0 spiro atoms. The summed E-state index contributed by atoms with van der Waals surface area (Å²) in [5.74, 6) is 1.78. The van der Waals surface area contributed by atoms with Crippen LogP contribution in [-0.2, 0) is 0 Å². The van der Waals surface area contributed by atoms with E-state index in [1.54, 1.807) is 7.11 Å². The highest BCUT2D eigenvalue weighted by molar-refractivity contribution is 5.35. The number of nitrogens with one attached hydrogen (secondary N) is 1. The van der Waals surface area contributed by atoms with E-state index in [0.29, 0.717) is 6.04 Å². The summed E-state index contributed by atoms with van der Waals surface area (Å²) in [6.07, 6.45) is 3.61. The van der Waals surface area contributed by atoms with Gasteiger partial charge in [0.15, 0.2) is 0 Å². The van der Waals surface area contributed by atoms with Crippen molar-refractivity contribution in [1.82, 2.24) is 5.32 Å². The standard InChI is InChI=1S/C16H27NO/c1-5-15(17-12-8-9-13(2)3)14-10-6-7-11-16(14)18-4/h6-7,10-11,13,15,17H,5,8-9,12H2,1-4H3. The van der Waals surface area contributed by atoms with E-state index in [1.165, 1.54) is 18.4 Å². The Morgan fingerprint density at radius 3 is 2.56 bits per heavy atom. The van der Waals surface area contributed by atoms with E-state index in [1.807, 2.05) is 12.1 Å². The topological polar surface area (TPSA) is 21.3 Å². The van der Waals surface area contributed by atoms with Crippen LogP contribution in [0.3, 0.4) is 0 Å². The second kappa shape index (κ2) is 8.15. The molecule has 1 unspecified atom stereocenters. The maximum atomic E-state index is 5.43. The van der Waals surface area contributed by atoms with E-state index in [-0.39, 0.29) is 0 Å². The predicted octanol–water partition coefficient (Wildman–Crippen LogP) is 4.17. The van der Waals surface area contributed by atoms with Gasteiger partial charge in [-0.2, -0.15) is 0 Å². The Morgan fingerprint density at radius 2 is 1.94 bits per heavy atom. The zero-order valence-electron chi connectivity index (χ0n) is 12.2. The van der Waals surface area contributed by atoms with Crippen molar-refractivity contribution in [1.29, 1.82) is 0 Å². The monoisotopic (exact) mass is 249 g/mol. The summed E-state index contributed by atoms with van der Waals surface area (Å²) in [6, 6.07) is 8.69. The van der Waals surface area contributed by atoms with Gasteiger partial charge in [0, 0.05) is 11.6 Å². The Labute approximate surface area is 112 Å². The summed E-state index contributed by atoms with van der Waals surface area (Å²) >= 11 is 0. The van der Waals surface area contributed by atoms with E-state index in [2.05, 4.69) is 38.2 Å². The number of benzene rings is 1. The predicted molar refractivity (Wildman–Crippen MR) is 78.1 cm³/mol. The second-order valence-corrected chi connectivity index (χ2v) is 5.19. The summed E-state index contributed by atoms with van der Waals surface area (Å²) < 4.78 is 5.43. The van der Waals surface area contributed by atoms with Crippen molar-refractivity contribution < 1.29 is 4.74 Å². The molecule has 102 valence electrons. The van der Waals surface area contributed by atoms with Gasteiger partial charge in [-0.1, -0.05) is 39.0 Å². The van der Waals surface area contributed by atoms with E-state index in [9.17, 15) is 0 Å². The molecular weight excluding hydrogens is 222 g/mol. The maximum absolute atomic E-state index is 5.43. The first-order valence-corrected chi connectivity index (χ1v) is 7.05. The van der Waals surface area contributed by atoms with Crippen molar-refractivity contribution in [3.05, 3.63) is 29.8 Å². The van der Waals surface area contributed by atoms with Gasteiger partial charge in [0.05, 0.1) is 7.11 Å². The average molecular weight is 249 g/mol. The zero-order chi connectivity index (χ0) is 13.4. The molecule has 0 aliphatic heterocycles. The van der Waals surface area contributed by atoms with Crippen LogP contribution in [0, 0.1) is 5.92 Å². The van der Waals surface area contributed by atoms with Gasteiger partial charge in [0.25, 0.3) is 0 Å². The molecular formula is C16H27NO. The molecule has 1 aromatic carbocycles. The molecule has 0 amide bonds. The molecule has 0 bridgehead atoms. The van der Waals surface area contributed by atoms with Crippen LogP contribution in [0.4, 0.5) is 0 Å². The van der Waals surface area contributed by atoms with Gasteiger partial charge in [-0.05, 0) is 37.8 Å². The third-order valence-electron chi connectivity index (χ3n) is 3.27. The first kappa shape index (κ1) is 15.0. The lowest BCUT2D eigenvalue weighted by molar-refractivity contribution is 0.394. The molecule has 0 aromatic heterocycles. The molecule has 0 saturated carbocycles. The van der Waals surface area contributed by atoms with Crippen molar-refractivity contribution in [3.8, 4) is 5.75 Å². The Balaban J connectivity index is 2.54. The van der Waals surface area contributed by atoms with Crippen LogP contribution >= 0.6 is 0 Å². The van der Waals surface area contributed by atoms with E-state index < -0.39 is 0 Å². The fourth-order valence-electron chi connectivity index (χ4n) is 2.22. The Kier molecular flexibility index (Phi) is 6.81. The third-order valence-corrected chi connectivity index (χ3v) is 3.27. The number of hydrogen-bond donors (Lipinski definition) is 1. The molecule has 1 atom stereocenters. The fourth-order valence-corrected chi connectivity index (χ4v) is 2.22. The smallest absolute Gasteiger partial charge is 0.123 e. The highest BCUT2D eigenvalue weighted by Gasteiger charge is 2.12. The van der Waals surface area contributed by atoms with Crippen LogP contribution in [-0.4, -0.2) is 13.7 Å². The maximum Gasteiger partial charge on any atom is 0.123 e. The molecule has 1 N–H and O–H groups in total. The Hall–Kier alpha value is -1.02. The minimum absolute atomic E-state index is 0.397. The van der Waals surface area contributed by atoms with Gasteiger partial charge in [-0.15, -0.1) is 0 Å². The van der Waals surface area contributed by atoms with Crippen LogP contribution < -0.4 is 10.1 Å². The molecule has 0 fully saturated rings. The molecule has 2 heteroatoms. The van der Waals surface area contributed by atoms with Crippen molar-refractivity contribution in [2.45, 2.75) is 46.1 Å². The Morgan fingerprint density at radius 1 is 1.22 bits per heavy atom. The molecule has 2 nitrogen and oxygen atoms in total. The normalized spacial score (nSPS) is 12.7. The summed E-state index contributed by atoms with van der Waals surface area (Å²) in [6.45, 7) is 7.84. The van der Waals surface area contributed by atoms with Crippen molar-refractivity contribution in [2.24, 2.45) is 5.92 Å². The first-order chi connectivity index (χ1) is 8.69. The van der Waals surface area contributed by atoms with Gasteiger partial charge < -0.3 is 10.1 Å². The largest absolute Gasteiger partial charge is 0.496 e. The minimum atomic E-state index is 0.397. The lowest BCUT2D eigenvalue weighted by atomic mass is 10.0. The summed E-state index contributed by atoms with van der Waals surface area (Å²) in [5, 5.41) is 3.64. The molecule has 0 aliphatic carbocycles. The first-order valence-electron chi connectivity index (χ1n) is 7.05.